The summed E-state index contributed by atoms with van der Waals surface area (Å²) < 4.78 is 0. The smallest absolute Gasteiger partial charge is 0.255 e. The van der Waals surface area contributed by atoms with Gasteiger partial charge in [0.25, 0.3) is 5.56 Å². The second-order valence-corrected chi connectivity index (χ2v) is 7.56. The molecule has 0 spiro atoms. The van der Waals surface area contributed by atoms with Gasteiger partial charge in [-0.3, -0.25) is 9.79 Å². The van der Waals surface area contributed by atoms with E-state index in [1.165, 1.54) is 0 Å². The molecule has 0 bridgehead atoms. The van der Waals surface area contributed by atoms with Crippen LogP contribution in [0.15, 0.2) is 94.7 Å². The maximum absolute atomic E-state index is 12.9. The Bertz CT molecular complexity index is 1300. The van der Waals surface area contributed by atoms with Crippen molar-refractivity contribution in [3.05, 3.63) is 117 Å². The summed E-state index contributed by atoms with van der Waals surface area (Å²) in [6, 6.07) is 28.4. The first-order chi connectivity index (χ1) is 14.5. The zero-order valence-corrected chi connectivity index (χ0v) is 17.0. The minimum atomic E-state index is -1.40. The molecule has 1 N–H and O–H groups in total. The molecule has 146 valence electrons. The Morgan fingerprint density at radius 2 is 1.57 bits per heavy atom. The number of fused-ring (bicyclic) bond motifs is 1. The van der Waals surface area contributed by atoms with E-state index in [1.54, 1.807) is 31.2 Å². The highest BCUT2D eigenvalue weighted by Crippen LogP contribution is 2.27. The highest BCUT2D eigenvalue weighted by Gasteiger charge is 2.30. The molecule has 0 fully saturated rings. The second-order valence-electron chi connectivity index (χ2n) is 7.12. The van der Waals surface area contributed by atoms with E-state index < -0.39 is 5.54 Å². The van der Waals surface area contributed by atoms with Crippen LogP contribution >= 0.6 is 11.6 Å². The Morgan fingerprint density at radius 1 is 0.967 bits per heavy atom. The van der Waals surface area contributed by atoms with Gasteiger partial charge < -0.3 is 4.98 Å². The molecule has 1 aromatic heterocycles. The molecule has 4 aromatic rings. The standard InChI is InChI=1S/C25H18ClN3O/c1-25(16-27,21-15-19-14-20(26)12-13-22(19)28-24(21)30)29-23(17-8-4-2-5-9-17)18-10-6-3-7-11-18/h2-15H,1H3,(H,28,30). The van der Waals surface area contributed by atoms with E-state index in [-0.39, 0.29) is 11.1 Å². The number of pyridine rings is 1. The molecule has 4 nitrogen and oxygen atoms in total. The maximum Gasteiger partial charge on any atom is 0.255 e. The Hall–Kier alpha value is -3.68. The summed E-state index contributed by atoms with van der Waals surface area (Å²) in [6.07, 6.45) is 0. The average molecular weight is 412 g/mol. The van der Waals surface area contributed by atoms with Crippen LogP contribution in [0.4, 0.5) is 0 Å². The van der Waals surface area contributed by atoms with Crippen LogP contribution in [0, 0.1) is 11.3 Å². The van der Waals surface area contributed by atoms with Gasteiger partial charge in [0, 0.05) is 27.1 Å². The van der Waals surface area contributed by atoms with Gasteiger partial charge in [0.05, 0.1) is 17.3 Å². The minimum Gasteiger partial charge on any atom is -0.322 e. The lowest BCUT2D eigenvalue weighted by Crippen LogP contribution is -2.28. The van der Waals surface area contributed by atoms with Gasteiger partial charge in [-0.05, 0) is 31.2 Å². The van der Waals surface area contributed by atoms with Gasteiger partial charge in [-0.25, -0.2) is 0 Å². The van der Waals surface area contributed by atoms with Gasteiger partial charge in [-0.2, -0.15) is 5.26 Å². The van der Waals surface area contributed by atoms with E-state index in [9.17, 15) is 10.1 Å². The fraction of sp³-hybridized carbons (Fsp3) is 0.0800. The third kappa shape index (κ3) is 3.76. The summed E-state index contributed by atoms with van der Waals surface area (Å²) in [5.41, 5.74) is 1.55. The van der Waals surface area contributed by atoms with E-state index in [2.05, 4.69) is 11.1 Å². The summed E-state index contributed by atoms with van der Waals surface area (Å²) in [5, 5.41) is 11.4. The highest BCUT2D eigenvalue weighted by molar-refractivity contribution is 6.31. The van der Waals surface area contributed by atoms with E-state index in [0.29, 0.717) is 16.3 Å². The molecule has 1 unspecified atom stereocenters. The molecule has 0 radical (unpaired) electrons. The molecule has 0 aliphatic carbocycles. The monoisotopic (exact) mass is 411 g/mol. The number of hydrogen-bond donors (Lipinski definition) is 1. The SMILES string of the molecule is CC(C#N)(N=C(c1ccccc1)c1ccccc1)c1cc2cc(Cl)ccc2[nH]c1=O. The van der Waals surface area contributed by atoms with Gasteiger partial charge in [0.1, 0.15) is 0 Å². The lowest BCUT2D eigenvalue weighted by atomic mass is 9.92. The first-order valence-electron chi connectivity index (χ1n) is 9.45. The van der Waals surface area contributed by atoms with Crippen molar-refractivity contribution in [2.75, 3.05) is 0 Å². The van der Waals surface area contributed by atoms with E-state index in [0.717, 1.165) is 16.5 Å². The van der Waals surface area contributed by atoms with Gasteiger partial charge in [0.2, 0.25) is 0 Å². The molecule has 0 saturated carbocycles. The van der Waals surface area contributed by atoms with Gasteiger partial charge in [-0.15, -0.1) is 0 Å². The van der Waals surface area contributed by atoms with Crippen molar-refractivity contribution in [1.82, 2.24) is 4.98 Å². The molecule has 1 atom stereocenters. The summed E-state index contributed by atoms with van der Waals surface area (Å²) in [5.74, 6) is 0. The van der Waals surface area contributed by atoms with Crippen LogP contribution in [-0.4, -0.2) is 10.7 Å². The number of nitrogens with zero attached hydrogens (tertiary/aromatic N) is 2. The Kier molecular flexibility index (Phi) is 5.22. The first-order valence-corrected chi connectivity index (χ1v) is 9.83. The predicted octanol–water partition coefficient (Wildman–Crippen LogP) is 5.46. The van der Waals surface area contributed by atoms with E-state index >= 15 is 0 Å². The number of nitriles is 1. The zero-order valence-electron chi connectivity index (χ0n) is 16.3. The fourth-order valence-corrected chi connectivity index (χ4v) is 3.58. The van der Waals surface area contributed by atoms with Crippen molar-refractivity contribution >= 4 is 28.2 Å². The third-order valence-electron chi connectivity index (χ3n) is 4.98. The first kappa shape index (κ1) is 19.6. The van der Waals surface area contributed by atoms with Crippen LogP contribution in [0.1, 0.15) is 23.6 Å². The summed E-state index contributed by atoms with van der Waals surface area (Å²) in [7, 11) is 0. The van der Waals surface area contributed by atoms with E-state index in [1.807, 2.05) is 60.7 Å². The van der Waals surface area contributed by atoms with Crippen molar-refractivity contribution < 1.29 is 0 Å². The predicted molar refractivity (Wildman–Crippen MR) is 121 cm³/mol. The number of H-pyrrole nitrogens is 1. The molecule has 0 saturated heterocycles. The lowest BCUT2D eigenvalue weighted by molar-refractivity contribution is 0.642. The molecule has 3 aromatic carbocycles. The number of benzene rings is 3. The number of aliphatic imine (C=N–C) groups is 1. The van der Waals surface area contributed by atoms with Crippen molar-refractivity contribution in [3.63, 3.8) is 0 Å². The Labute approximate surface area is 179 Å². The summed E-state index contributed by atoms with van der Waals surface area (Å²) >= 11 is 6.12. The quantitative estimate of drug-likeness (QED) is 0.453. The summed E-state index contributed by atoms with van der Waals surface area (Å²) in [4.78, 5) is 20.5. The fourth-order valence-electron chi connectivity index (χ4n) is 3.40. The molecule has 0 amide bonds. The molecule has 0 aliphatic rings. The molecule has 0 aliphatic heterocycles. The van der Waals surface area contributed by atoms with Crippen LogP contribution in [0.2, 0.25) is 5.02 Å². The number of nitrogens with one attached hydrogen (secondary N) is 1. The molecule has 30 heavy (non-hydrogen) atoms. The number of aromatic nitrogens is 1. The number of halogens is 1. The lowest BCUT2D eigenvalue weighted by Gasteiger charge is -2.20. The normalized spacial score (nSPS) is 12.7. The largest absolute Gasteiger partial charge is 0.322 e. The van der Waals surface area contributed by atoms with Crippen LogP contribution in [0.5, 0.6) is 0 Å². The zero-order chi connectivity index (χ0) is 21.1. The van der Waals surface area contributed by atoms with Crippen LogP contribution in [-0.2, 0) is 5.54 Å². The van der Waals surface area contributed by atoms with Crippen LogP contribution < -0.4 is 5.56 Å². The van der Waals surface area contributed by atoms with Crippen molar-refractivity contribution in [2.24, 2.45) is 4.99 Å². The van der Waals surface area contributed by atoms with Gasteiger partial charge >= 0.3 is 0 Å². The number of aromatic amines is 1. The van der Waals surface area contributed by atoms with Crippen LogP contribution in [0.25, 0.3) is 10.9 Å². The molecule has 4 rings (SSSR count). The topological polar surface area (TPSA) is 69.0 Å². The van der Waals surface area contributed by atoms with Crippen LogP contribution in [0.3, 0.4) is 0 Å². The van der Waals surface area contributed by atoms with E-state index in [4.69, 9.17) is 16.6 Å². The maximum atomic E-state index is 12.9. The molecule has 1 heterocycles. The Balaban J connectivity index is 1.96. The van der Waals surface area contributed by atoms with Crippen molar-refractivity contribution in [2.45, 2.75) is 12.5 Å². The number of hydrogen-bond acceptors (Lipinski definition) is 3. The van der Waals surface area contributed by atoms with Gasteiger partial charge in [-0.1, -0.05) is 72.3 Å². The second kappa shape index (κ2) is 7.98. The third-order valence-corrected chi connectivity index (χ3v) is 5.21. The molecular weight excluding hydrogens is 394 g/mol. The molecule has 5 heteroatoms. The van der Waals surface area contributed by atoms with Crippen molar-refractivity contribution in [3.8, 4) is 6.07 Å². The average Bonchev–Trinajstić information content (AvgIpc) is 2.78. The minimum absolute atomic E-state index is 0.268. The Morgan fingerprint density at radius 3 is 2.13 bits per heavy atom. The summed E-state index contributed by atoms with van der Waals surface area (Å²) in [6.45, 7) is 1.65. The molecular formula is C25H18ClN3O. The highest BCUT2D eigenvalue weighted by atomic mass is 35.5. The number of rotatable bonds is 4. The van der Waals surface area contributed by atoms with Gasteiger partial charge in [0.15, 0.2) is 5.54 Å². The van der Waals surface area contributed by atoms with Crippen molar-refractivity contribution in [1.29, 1.82) is 5.26 Å².